The van der Waals surface area contributed by atoms with Gasteiger partial charge in [-0.25, -0.2) is 0 Å². The minimum atomic E-state index is -0.456. The molecule has 0 saturated carbocycles. The highest BCUT2D eigenvalue weighted by Gasteiger charge is 2.03. The number of hydrogen-bond acceptors (Lipinski definition) is 1. The largest absolute Gasteiger partial charge is 0.316 e. The summed E-state index contributed by atoms with van der Waals surface area (Å²) in [6.45, 7) is 3.73. The predicted molar refractivity (Wildman–Crippen MR) is 56.6 cm³/mol. The molecular formula is C11H12ClN. The first-order valence-corrected chi connectivity index (χ1v) is 4.43. The van der Waals surface area contributed by atoms with Crippen LogP contribution in [0.15, 0.2) is 24.3 Å². The molecule has 0 unspecified atom stereocenters. The number of nitrogens with two attached hydrogens (primary N) is 1. The molecule has 0 aliphatic carbocycles. The standard InChI is InChI=1S/C11H12ClN/c1-11(2,13)7-6-9-4-3-5-10(12)8-9/h3-5,8H,13H2,1-2H3. The number of halogens is 1. The normalized spacial score (nSPS) is 10.5. The number of benzene rings is 1. The summed E-state index contributed by atoms with van der Waals surface area (Å²) in [5.41, 5.74) is 6.15. The highest BCUT2D eigenvalue weighted by molar-refractivity contribution is 6.30. The molecule has 0 amide bonds. The van der Waals surface area contributed by atoms with Crippen LogP contribution < -0.4 is 5.73 Å². The second kappa shape index (κ2) is 3.83. The Bertz CT molecular complexity index is 352. The van der Waals surface area contributed by atoms with Crippen LogP contribution in [0.25, 0.3) is 0 Å². The molecular weight excluding hydrogens is 182 g/mol. The Morgan fingerprint density at radius 1 is 1.38 bits per heavy atom. The highest BCUT2D eigenvalue weighted by atomic mass is 35.5. The van der Waals surface area contributed by atoms with Crippen LogP contribution in [0.3, 0.4) is 0 Å². The molecule has 1 nitrogen and oxygen atoms in total. The van der Waals surface area contributed by atoms with Crippen LogP contribution in [0, 0.1) is 11.8 Å². The third kappa shape index (κ3) is 3.98. The molecule has 0 atom stereocenters. The molecule has 1 rings (SSSR count). The second-order valence-corrected chi connectivity index (χ2v) is 3.92. The minimum Gasteiger partial charge on any atom is -0.316 e. The third-order valence-electron chi connectivity index (χ3n) is 1.35. The molecule has 0 aliphatic heterocycles. The molecule has 0 heterocycles. The number of hydrogen-bond donors (Lipinski definition) is 1. The van der Waals surface area contributed by atoms with Gasteiger partial charge in [-0.3, -0.25) is 0 Å². The van der Waals surface area contributed by atoms with Gasteiger partial charge in [0, 0.05) is 10.6 Å². The molecule has 0 spiro atoms. The van der Waals surface area contributed by atoms with Gasteiger partial charge in [-0.15, -0.1) is 0 Å². The van der Waals surface area contributed by atoms with Crippen LogP contribution in [0.5, 0.6) is 0 Å². The van der Waals surface area contributed by atoms with Gasteiger partial charge in [0.15, 0.2) is 0 Å². The van der Waals surface area contributed by atoms with Gasteiger partial charge in [0.1, 0.15) is 0 Å². The maximum absolute atomic E-state index is 5.80. The van der Waals surface area contributed by atoms with Gasteiger partial charge in [-0.1, -0.05) is 29.5 Å². The van der Waals surface area contributed by atoms with Crippen molar-refractivity contribution in [1.29, 1.82) is 0 Å². The molecule has 0 bridgehead atoms. The molecule has 0 fully saturated rings. The van der Waals surface area contributed by atoms with E-state index in [-0.39, 0.29) is 0 Å². The topological polar surface area (TPSA) is 26.0 Å². The van der Waals surface area contributed by atoms with Crippen LogP contribution in [0.4, 0.5) is 0 Å². The van der Waals surface area contributed by atoms with E-state index < -0.39 is 5.54 Å². The molecule has 0 aliphatic rings. The zero-order valence-electron chi connectivity index (χ0n) is 7.76. The third-order valence-corrected chi connectivity index (χ3v) is 1.59. The summed E-state index contributed by atoms with van der Waals surface area (Å²) in [6, 6.07) is 7.42. The molecule has 1 aromatic rings. The zero-order chi connectivity index (χ0) is 9.90. The average molecular weight is 194 g/mol. The van der Waals surface area contributed by atoms with Crippen LogP contribution in [0.2, 0.25) is 5.02 Å². The van der Waals surface area contributed by atoms with Crippen molar-refractivity contribution in [2.24, 2.45) is 5.73 Å². The van der Waals surface area contributed by atoms with Gasteiger partial charge in [0.05, 0.1) is 5.54 Å². The lowest BCUT2D eigenvalue weighted by molar-refractivity contribution is 0.680. The summed E-state index contributed by atoms with van der Waals surface area (Å²) in [6.07, 6.45) is 0. The molecule has 0 saturated heterocycles. The van der Waals surface area contributed by atoms with E-state index in [0.29, 0.717) is 5.02 Å². The Hall–Kier alpha value is -0.970. The summed E-state index contributed by atoms with van der Waals surface area (Å²) >= 11 is 5.80. The molecule has 0 radical (unpaired) electrons. The lowest BCUT2D eigenvalue weighted by Gasteiger charge is -2.07. The lowest BCUT2D eigenvalue weighted by Crippen LogP contribution is -2.29. The van der Waals surface area contributed by atoms with E-state index in [1.54, 1.807) is 0 Å². The maximum Gasteiger partial charge on any atom is 0.0722 e. The fourth-order valence-corrected chi connectivity index (χ4v) is 0.990. The molecule has 0 aromatic heterocycles. The quantitative estimate of drug-likeness (QED) is 0.630. The van der Waals surface area contributed by atoms with Crippen LogP contribution in [-0.2, 0) is 0 Å². The first kappa shape index (κ1) is 10.1. The monoisotopic (exact) mass is 193 g/mol. The van der Waals surface area contributed by atoms with Crippen molar-refractivity contribution in [2.45, 2.75) is 19.4 Å². The van der Waals surface area contributed by atoms with Crippen LogP contribution >= 0.6 is 11.6 Å². The molecule has 1 aromatic carbocycles. The van der Waals surface area contributed by atoms with Crippen LogP contribution in [0.1, 0.15) is 19.4 Å². The van der Waals surface area contributed by atoms with Crippen molar-refractivity contribution in [1.82, 2.24) is 0 Å². The van der Waals surface area contributed by atoms with Crippen molar-refractivity contribution in [3.05, 3.63) is 34.9 Å². The zero-order valence-corrected chi connectivity index (χ0v) is 8.52. The minimum absolute atomic E-state index is 0.456. The summed E-state index contributed by atoms with van der Waals surface area (Å²) in [4.78, 5) is 0. The second-order valence-electron chi connectivity index (χ2n) is 3.48. The van der Waals surface area contributed by atoms with E-state index in [0.717, 1.165) is 5.56 Å². The lowest BCUT2D eigenvalue weighted by atomic mass is 10.1. The molecule has 13 heavy (non-hydrogen) atoms. The first-order valence-electron chi connectivity index (χ1n) is 4.05. The van der Waals surface area contributed by atoms with E-state index in [1.165, 1.54) is 0 Å². The molecule has 2 heteroatoms. The van der Waals surface area contributed by atoms with Gasteiger partial charge in [-0.05, 0) is 32.0 Å². The van der Waals surface area contributed by atoms with Crippen molar-refractivity contribution in [2.75, 3.05) is 0 Å². The maximum atomic E-state index is 5.80. The fourth-order valence-electron chi connectivity index (χ4n) is 0.799. The number of rotatable bonds is 0. The van der Waals surface area contributed by atoms with E-state index >= 15 is 0 Å². The van der Waals surface area contributed by atoms with Gasteiger partial charge in [-0.2, -0.15) is 0 Å². The summed E-state index contributed by atoms with van der Waals surface area (Å²) in [7, 11) is 0. The Kier molecular flexibility index (Phi) is 2.98. The Morgan fingerprint density at radius 2 is 2.08 bits per heavy atom. The van der Waals surface area contributed by atoms with Crippen molar-refractivity contribution in [3.8, 4) is 11.8 Å². The highest BCUT2D eigenvalue weighted by Crippen LogP contribution is 2.09. The van der Waals surface area contributed by atoms with Gasteiger partial charge in [0.25, 0.3) is 0 Å². The predicted octanol–water partition coefficient (Wildman–Crippen LogP) is 2.43. The van der Waals surface area contributed by atoms with E-state index in [9.17, 15) is 0 Å². The van der Waals surface area contributed by atoms with Crippen LogP contribution in [-0.4, -0.2) is 5.54 Å². The summed E-state index contributed by atoms with van der Waals surface area (Å²) in [5.74, 6) is 5.90. The van der Waals surface area contributed by atoms with E-state index in [1.807, 2.05) is 38.1 Å². The van der Waals surface area contributed by atoms with Crippen molar-refractivity contribution in [3.63, 3.8) is 0 Å². The van der Waals surface area contributed by atoms with Gasteiger partial charge >= 0.3 is 0 Å². The Balaban J connectivity index is 2.90. The summed E-state index contributed by atoms with van der Waals surface area (Å²) in [5, 5.41) is 0.696. The van der Waals surface area contributed by atoms with Crippen molar-refractivity contribution < 1.29 is 0 Å². The first-order chi connectivity index (χ1) is 5.97. The smallest absolute Gasteiger partial charge is 0.0722 e. The average Bonchev–Trinajstić information content (AvgIpc) is 2.00. The van der Waals surface area contributed by atoms with Gasteiger partial charge in [0.2, 0.25) is 0 Å². The SMILES string of the molecule is CC(C)(N)C#Cc1cccc(Cl)c1. The van der Waals surface area contributed by atoms with E-state index in [2.05, 4.69) is 11.8 Å². The summed E-state index contributed by atoms with van der Waals surface area (Å²) < 4.78 is 0. The fraction of sp³-hybridized carbons (Fsp3) is 0.273. The van der Waals surface area contributed by atoms with E-state index in [4.69, 9.17) is 17.3 Å². The van der Waals surface area contributed by atoms with Crippen molar-refractivity contribution >= 4 is 11.6 Å². The molecule has 2 N–H and O–H groups in total. The Morgan fingerprint density at radius 3 is 2.62 bits per heavy atom. The van der Waals surface area contributed by atoms with Gasteiger partial charge < -0.3 is 5.73 Å². The molecule has 68 valence electrons. The Labute approximate surface area is 83.9 Å².